The Morgan fingerprint density at radius 2 is 1.68 bits per heavy atom. The van der Waals surface area contributed by atoms with Crippen LogP contribution in [0.1, 0.15) is 0 Å². The van der Waals surface area contributed by atoms with E-state index >= 15 is 0 Å². The molecule has 0 spiro atoms. The second-order valence-electron chi connectivity index (χ2n) is 5.52. The number of hydrogen-bond donors (Lipinski definition) is 3. The van der Waals surface area contributed by atoms with Gasteiger partial charge in [-0.1, -0.05) is 0 Å². The monoisotopic (exact) mass is 308 g/mol. The van der Waals surface area contributed by atoms with Crippen molar-refractivity contribution in [3.63, 3.8) is 0 Å². The van der Waals surface area contributed by atoms with Crippen molar-refractivity contribution in [2.75, 3.05) is 51.5 Å². The zero-order chi connectivity index (χ0) is 16.7. The van der Waals surface area contributed by atoms with E-state index in [4.69, 9.17) is 0 Å². The number of benzene rings is 1. The number of nitrogens with one attached hydrogen (secondary N) is 2. The number of hydrogen-bond acceptors (Lipinski definition) is 5. The second kappa shape index (κ2) is 8.35. The third kappa shape index (κ3) is 6.11. The topological polar surface area (TPSA) is 84.9 Å². The highest BCUT2D eigenvalue weighted by atomic mass is 16.3. The maximum absolute atomic E-state index is 11.7. The van der Waals surface area contributed by atoms with E-state index < -0.39 is 17.9 Å². The highest BCUT2D eigenvalue weighted by molar-refractivity contribution is 6.39. The van der Waals surface area contributed by atoms with Crippen LogP contribution in [0.3, 0.4) is 0 Å². The Morgan fingerprint density at radius 3 is 2.18 bits per heavy atom. The van der Waals surface area contributed by atoms with Crippen molar-refractivity contribution in [2.24, 2.45) is 0 Å². The molecule has 7 nitrogen and oxygen atoms in total. The molecule has 1 rings (SSSR count). The first-order chi connectivity index (χ1) is 10.3. The summed E-state index contributed by atoms with van der Waals surface area (Å²) in [7, 11) is 7.46. The van der Waals surface area contributed by atoms with Crippen molar-refractivity contribution in [1.29, 1.82) is 0 Å². The molecule has 0 saturated heterocycles. The predicted octanol–water partition coefficient (Wildman–Crippen LogP) is -0.270. The molecule has 0 aliphatic heterocycles. The van der Waals surface area contributed by atoms with Crippen molar-refractivity contribution in [3.8, 4) is 0 Å². The third-order valence-corrected chi connectivity index (χ3v) is 2.92. The van der Waals surface area contributed by atoms with Gasteiger partial charge in [0, 0.05) is 38.6 Å². The van der Waals surface area contributed by atoms with Crippen molar-refractivity contribution in [2.45, 2.75) is 6.10 Å². The summed E-state index contributed by atoms with van der Waals surface area (Å²) in [5, 5.41) is 14.5. The molecule has 1 aromatic carbocycles. The van der Waals surface area contributed by atoms with Gasteiger partial charge in [-0.2, -0.15) is 0 Å². The number of amides is 2. The average molecular weight is 308 g/mol. The summed E-state index contributed by atoms with van der Waals surface area (Å²) >= 11 is 0. The van der Waals surface area contributed by atoms with Crippen LogP contribution in [0.2, 0.25) is 0 Å². The zero-order valence-electron chi connectivity index (χ0n) is 13.5. The van der Waals surface area contributed by atoms with Gasteiger partial charge in [0.1, 0.15) is 0 Å². The summed E-state index contributed by atoms with van der Waals surface area (Å²) in [5.41, 5.74) is 1.54. The minimum atomic E-state index is -0.769. The molecule has 0 heterocycles. The number of carbonyl (C=O) groups is 2. The summed E-state index contributed by atoms with van der Waals surface area (Å²) in [6.45, 7) is 0.442. The Bertz CT molecular complexity index is 500. The molecular weight excluding hydrogens is 284 g/mol. The highest BCUT2D eigenvalue weighted by Crippen LogP contribution is 2.15. The molecule has 3 N–H and O–H groups in total. The number of carbonyl (C=O) groups excluding carboxylic acids is 2. The minimum absolute atomic E-state index is 0.0317. The van der Waals surface area contributed by atoms with Gasteiger partial charge >= 0.3 is 11.8 Å². The van der Waals surface area contributed by atoms with Crippen LogP contribution in [0.4, 0.5) is 11.4 Å². The highest BCUT2D eigenvalue weighted by Gasteiger charge is 2.15. The Morgan fingerprint density at radius 1 is 1.09 bits per heavy atom. The van der Waals surface area contributed by atoms with Crippen molar-refractivity contribution in [3.05, 3.63) is 24.3 Å². The molecule has 0 aromatic heterocycles. The van der Waals surface area contributed by atoms with Gasteiger partial charge in [0.2, 0.25) is 0 Å². The standard InChI is InChI=1S/C15H24N4O3/c1-18(2)10-13(20)9-16-14(21)15(22)17-11-5-7-12(8-6-11)19(3)4/h5-8,13,20H,9-10H2,1-4H3,(H,16,21)(H,17,22). The summed E-state index contributed by atoms with van der Waals surface area (Å²) in [5.74, 6) is -1.52. The quantitative estimate of drug-likeness (QED) is 0.630. The lowest BCUT2D eigenvalue weighted by Crippen LogP contribution is -2.42. The van der Waals surface area contributed by atoms with Crippen LogP contribution in [0.15, 0.2) is 24.3 Å². The number of nitrogens with zero attached hydrogens (tertiary/aromatic N) is 2. The number of rotatable bonds is 6. The smallest absolute Gasteiger partial charge is 0.313 e. The van der Waals surface area contributed by atoms with E-state index in [0.717, 1.165) is 5.69 Å². The van der Waals surface area contributed by atoms with E-state index in [1.807, 2.05) is 45.2 Å². The van der Waals surface area contributed by atoms with Crippen LogP contribution in [-0.2, 0) is 9.59 Å². The molecule has 2 amide bonds. The van der Waals surface area contributed by atoms with Crippen molar-refractivity contribution >= 4 is 23.2 Å². The van der Waals surface area contributed by atoms with Gasteiger partial charge < -0.3 is 25.5 Å². The van der Waals surface area contributed by atoms with Gasteiger partial charge in [-0.3, -0.25) is 9.59 Å². The second-order valence-corrected chi connectivity index (χ2v) is 5.52. The lowest BCUT2D eigenvalue weighted by atomic mass is 10.2. The van der Waals surface area contributed by atoms with Crippen molar-refractivity contribution < 1.29 is 14.7 Å². The molecule has 1 aromatic rings. The summed E-state index contributed by atoms with van der Waals surface area (Å²) in [4.78, 5) is 27.1. The SMILES string of the molecule is CN(C)CC(O)CNC(=O)C(=O)Nc1ccc(N(C)C)cc1. The fourth-order valence-corrected chi connectivity index (χ4v) is 1.81. The molecule has 0 saturated carbocycles. The van der Waals surface area contributed by atoms with Crippen LogP contribution in [-0.4, -0.2) is 69.2 Å². The molecule has 0 fully saturated rings. The summed E-state index contributed by atoms with van der Waals surface area (Å²) in [6.07, 6.45) is -0.717. The normalized spacial score (nSPS) is 11.9. The molecule has 1 unspecified atom stereocenters. The largest absolute Gasteiger partial charge is 0.390 e. The van der Waals surface area contributed by atoms with Crippen LogP contribution in [0.25, 0.3) is 0 Å². The molecular formula is C15H24N4O3. The maximum atomic E-state index is 11.7. The molecule has 0 aliphatic carbocycles. The Balaban J connectivity index is 2.45. The molecule has 22 heavy (non-hydrogen) atoms. The molecule has 7 heteroatoms. The number of anilines is 2. The van der Waals surface area contributed by atoms with Crippen molar-refractivity contribution in [1.82, 2.24) is 10.2 Å². The Labute approximate surface area is 130 Å². The van der Waals surface area contributed by atoms with Gasteiger partial charge in [-0.25, -0.2) is 0 Å². The van der Waals surface area contributed by atoms with E-state index in [1.165, 1.54) is 0 Å². The number of aliphatic hydroxyl groups excluding tert-OH is 1. The minimum Gasteiger partial charge on any atom is -0.390 e. The van der Waals surface area contributed by atoms with E-state index in [2.05, 4.69) is 10.6 Å². The fourth-order valence-electron chi connectivity index (χ4n) is 1.81. The first-order valence-corrected chi connectivity index (χ1v) is 6.99. The van der Waals surface area contributed by atoms with E-state index in [-0.39, 0.29) is 6.54 Å². The van der Waals surface area contributed by atoms with Gasteiger partial charge in [0.15, 0.2) is 0 Å². The number of aliphatic hydroxyl groups is 1. The molecule has 1 atom stereocenters. The predicted molar refractivity (Wildman–Crippen MR) is 87.0 cm³/mol. The Hall–Kier alpha value is -2.12. The zero-order valence-corrected chi connectivity index (χ0v) is 13.5. The lowest BCUT2D eigenvalue weighted by molar-refractivity contribution is -0.136. The first kappa shape index (κ1) is 17.9. The fraction of sp³-hybridized carbons (Fsp3) is 0.467. The molecule has 0 aliphatic rings. The van der Waals surface area contributed by atoms with Crippen LogP contribution < -0.4 is 15.5 Å². The number of likely N-dealkylation sites (N-methyl/N-ethyl adjacent to an activating group) is 1. The van der Waals surface area contributed by atoms with Gasteiger partial charge in [0.05, 0.1) is 6.10 Å². The van der Waals surface area contributed by atoms with Crippen LogP contribution in [0.5, 0.6) is 0 Å². The summed E-state index contributed by atoms with van der Waals surface area (Å²) < 4.78 is 0. The first-order valence-electron chi connectivity index (χ1n) is 6.99. The molecule has 0 bridgehead atoms. The van der Waals surface area contributed by atoms with E-state index in [1.54, 1.807) is 17.0 Å². The van der Waals surface area contributed by atoms with Gasteiger partial charge in [0.25, 0.3) is 0 Å². The maximum Gasteiger partial charge on any atom is 0.313 e. The third-order valence-electron chi connectivity index (χ3n) is 2.92. The average Bonchev–Trinajstić information content (AvgIpc) is 2.44. The Kier molecular flexibility index (Phi) is 6.81. The van der Waals surface area contributed by atoms with Crippen LogP contribution >= 0.6 is 0 Å². The lowest BCUT2D eigenvalue weighted by Gasteiger charge is -2.16. The van der Waals surface area contributed by atoms with E-state index in [0.29, 0.717) is 12.2 Å². The van der Waals surface area contributed by atoms with Gasteiger partial charge in [-0.15, -0.1) is 0 Å². The summed E-state index contributed by atoms with van der Waals surface area (Å²) in [6, 6.07) is 7.13. The molecule has 122 valence electrons. The molecule has 0 radical (unpaired) electrons. The van der Waals surface area contributed by atoms with Gasteiger partial charge in [-0.05, 0) is 38.4 Å². The van der Waals surface area contributed by atoms with E-state index in [9.17, 15) is 14.7 Å². The van der Waals surface area contributed by atoms with Crippen LogP contribution in [0, 0.1) is 0 Å².